The van der Waals surface area contributed by atoms with Gasteiger partial charge in [-0.3, -0.25) is 4.79 Å². The van der Waals surface area contributed by atoms with Gasteiger partial charge in [0.05, 0.1) is 0 Å². The minimum Gasteiger partial charge on any atom is -0.505 e. The first kappa shape index (κ1) is 7.33. The zero-order chi connectivity index (χ0) is 8.43. The Balaban J connectivity index is 3.23. The fourth-order valence-electron chi connectivity index (χ4n) is 0.648. The Bertz CT molecular complexity index is 298. The van der Waals surface area contributed by atoms with Crippen molar-refractivity contribution in [2.75, 3.05) is 5.73 Å². The zero-order valence-corrected chi connectivity index (χ0v) is 5.61. The van der Waals surface area contributed by atoms with Gasteiger partial charge in [-0.25, -0.2) is 4.98 Å². The number of amides is 1. The van der Waals surface area contributed by atoms with Gasteiger partial charge < -0.3 is 16.6 Å². The van der Waals surface area contributed by atoms with Crippen molar-refractivity contribution >= 4 is 11.7 Å². The molecule has 0 aliphatic heterocycles. The van der Waals surface area contributed by atoms with Crippen molar-refractivity contribution in [2.45, 2.75) is 0 Å². The number of hydrogen-bond donors (Lipinski definition) is 3. The van der Waals surface area contributed by atoms with Crippen molar-refractivity contribution in [1.29, 1.82) is 0 Å². The van der Waals surface area contributed by atoms with Gasteiger partial charge in [-0.15, -0.1) is 0 Å². The van der Waals surface area contributed by atoms with Gasteiger partial charge >= 0.3 is 0 Å². The molecule has 0 saturated heterocycles. The lowest BCUT2D eigenvalue weighted by Gasteiger charge is -1.98. The monoisotopic (exact) mass is 153 g/mol. The molecule has 58 valence electrons. The van der Waals surface area contributed by atoms with E-state index in [2.05, 4.69) is 4.98 Å². The zero-order valence-electron chi connectivity index (χ0n) is 5.61. The summed E-state index contributed by atoms with van der Waals surface area (Å²) in [4.78, 5) is 14.0. The molecule has 1 heterocycles. The van der Waals surface area contributed by atoms with Crippen molar-refractivity contribution in [2.24, 2.45) is 5.73 Å². The van der Waals surface area contributed by atoms with E-state index in [1.807, 2.05) is 0 Å². The number of carbonyl (C=O) groups excluding carboxylic acids is 1. The number of primary amides is 1. The van der Waals surface area contributed by atoms with Gasteiger partial charge in [0.25, 0.3) is 5.91 Å². The quantitative estimate of drug-likeness (QED) is 0.504. The molecule has 1 rings (SSSR count). The molecule has 0 aromatic carbocycles. The van der Waals surface area contributed by atoms with E-state index in [1.54, 1.807) is 0 Å². The Kier molecular flexibility index (Phi) is 1.63. The SMILES string of the molecule is NC(=O)c1nc(N)ccc1O. The number of hydrogen-bond acceptors (Lipinski definition) is 4. The maximum absolute atomic E-state index is 10.5. The molecule has 1 amide bonds. The average Bonchev–Trinajstić information content (AvgIpc) is 1.94. The number of anilines is 1. The minimum absolute atomic E-state index is 0.150. The van der Waals surface area contributed by atoms with Gasteiger partial charge in [0.2, 0.25) is 0 Å². The van der Waals surface area contributed by atoms with E-state index in [4.69, 9.17) is 16.6 Å². The predicted octanol–water partition coefficient (Wildman–Crippen LogP) is -0.532. The summed E-state index contributed by atoms with van der Waals surface area (Å²) in [5.74, 6) is -0.905. The Labute approximate surface area is 62.7 Å². The third kappa shape index (κ3) is 1.37. The van der Waals surface area contributed by atoms with Crippen LogP contribution >= 0.6 is 0 Å². The first-order chi connectivity index (χ1) is 5.11. The molecule has 0 aliphatic rings. The summed E-state index contributed by atoms with van der Waals surface area (Å²) in [7, 11) is 0. The highest BCUT2D eigenvalue weighted by Crippen LogP contribution is 2.14. The van der Waals surface area contributed by atoms with E-state index in [-0.39, 0.29) is 17.3 Å². The lowest BCUT2D eigenvalue weighted by molar-refractivity contribution is 0.0993. The lowest BCUT2D eigenvalue weighted by Crippen LogP contribution is -2.13. The van der Waals surface area contributed by atoms with Gasteiger partial charge in [0.15, 0.2) is 5.69 Å². The normalized spacial score (nSPS) is 9.45. The smallest absolute Gasteiger partial charge is 0.271 e. The third-order valence-electron chi connectivity index (χ3n) is 1.13. The van der Waals surface area contributed by atoms with Crippen LogP contribution in [0.15, 0.2) is 12.1 Å². The first-order valence-electron chi connectivity index (χ1n) is 2.86. The first-order valence-corrected chi connectivity index (χ1v) is 2.86. The van der Waals surface area contributed by atoms with Crippen LogP contribution in [0.1, 0.15) is 10.5 Å². The van der Waals surface area contributed by atoms with Gasteiger partial charge in [-0.1, -0.05) is 0 Å². The number of nitrogens with two attached hydrogens (primary N) is 2. The number of aromatic nitrogens is 1. The molecular formula is C6H7N3O2. The molecule has 0 spiro atoms. The molecule has 0 atom stereocenters. The Hall–Kier alpha value is -1.78. The Morgan fingerprint density at radius 3 is 2.64 bits per heavy atom. The van der Waals surface area contributed by atoms with Crippen LogP contribution in [0.25, 0.3) is 0 Å². The Morgan fingerprint density at radius 2 is 2.18 bits per heavy atom. The summed E-state index contributed by atoms with van der Waals surface area (Å²) in [6.45, 7) is 0. The van der Waals surface area contributed by atoms with Crippen LogP contribution in [0, 0.1) is 0 Å². The molecule has 11 heavy (non-hydrogen) atoms. The second kappa shape index (κ2) is 2.45. The van der Waals surface area contributed by atoms with E-state index in [0.717, 1.165) is 0 Å². The summed E-state index contributed by atoms with van der Waals surface area (Å²) in [6, 6.07) is 2.64. The highest BCUT2D eigenvalue weighted by Gasteiger charge is 2.08. The number of nitrogens with zero attached hydrogens (tertiary/aromatic N) is 1. The number of pyridine rings is 1. The van der Waals surface area contributed by atoms with Crippen LogP contribution in [0.2, 0.25) is 0 Å². The number of carbonyl (C=O) groups is 1. The van der Waals surface area contributed by atoms with Gasteiger partial charge in [0.1, 0.15) is 11.6 Å². The highest BCUT2D eigenvalue weighted by molar-refractivity contribution is 5.93. The molecule has 0 saturated carbocycles. The van der Waals surface area contributed by atoms with E-state index < -0.39 is 5.91 Å². The molecule has 0 fully saturated rings. The molecule has 5 N–H and O–H groups in total. The Morgan fingerprint density at radius 1 is 1.55 bits per heavy atom. The molecule has 0 bridgehead atoms. The topological polar surface area (TPSA) is 102 Å². The molecule has 5 nitrogen and oxygen atoms in total. The summed E-state index contributed by atoms with van der Waals surface area (Å²) in [5, 5.41) is 8.99. The second-order valence-electron chi connectivity index (χ2n) is 1.97. The number of nitrogen functional groups attached to an aromatic ring is 1. The highest BCUT2D eigenvalue weighted by atomic mass is 16.3. The number of rotatable bonds is 1. The fraction of sp³-hybridized carbons (Fsp3) is 0. The standard InChI is InChI=1S/C6H7N3O2/c7-4-2-1-3(10)5(9-4)6(8)11/h1-2,10H,(H2,7,9)(H2,8,11). The summed E-state index contributed by atoms with van der Waals surface area (Å²) in [6.07, 6.45) is 0. The summed E-state index contributed by atoms with van der Waals surface area (Å²) < 4.78 is 0. The molecule has 0 aliphatic carbocycles. The average molecular weight is 153 g/mol. The maximum Gasteiger partial charge on any atom is 0.271 e. The lowest BCUT2D eigenvalue weighted by atomic mass is 10.3. The summed E-state index contributed by atoms with van der Waals surface area (Å²) >= 11 is 0. The second-order valence-corrected chi connectivity index (χ2v) is 1.97. The maximum atomic E-state index is 10.5. The van der Waals surface area contributed by atoms with E-state index in [9.17, 15) is 4.79 Å². The minimum atomic E-state index is -0.796. The van der Waals surface area contributed by atoms with Crippen LogP contribution in [-0.2, 0) is 0 Å². The van der Waals surface area contributed by atoms with Gasteiger partial charge in [0, 0.05) is 0 Å². The van der Waals surface area contributed by atoms with Crippen LogP contribution in [0.5, 0.6) is 5.75 Å². The van der Waals surface area contributed by atoms with Gasteiger partial charge in [-0.2, -0.15) is 0 Å². The van der Waals surface area contributed by atoms with E-state index in [0.29, 0.717) is 0 Å². The van der Waals surface area contributed by atoms with Crippen molar-refractivity contribution in [1.82, 2.24) is 4.98 Å². The third-order valence-corrected chi connectivity index (χ3v) is 1.13. The van der Waals surface area contributed by atoms with Crippen molar-refractivity contribution < 1.29 is 9.90 Å². The van der Waals surface area contributed by atoms with Crippen LogP contribution in [0.4, 0.5) is 5.82 Å². The van der Waals surface area contributed by atoms with Crippen molar-refractivity contribution in [3.63, 3.8) is 0 Å². The van der Waals surface area contributed by atoms with Crippen LogP contribution < -0.4 is 11.5 Å². The van der Waals surface area contributed by atoms with E-state index >= 15 is 0 Å². The van der Waals surface area contributed by atoms with Crippen molar-refractivity contribution in [3.05, 3.63) is 17.8 Å². The van der Waals surface area contributed by atoms with Crippen LogP contribution in [-0.4, -0.2) is 16.0 Å². The molecule has 0 unspecified atom stereocenters. The van der Waals surface area contributed by atoms with Crippen molar-refractivity contribution in [3.8, 4) is 5.75 Å². The summed E-state index contributed by atoms with van der Waals surface area (Å²) in [5.41, 5.74) is 9.90. The molecule has 5 heteroatoms. The van der Waals surface area contributed by atoms with E-state index in [1.165, 1.54) is 12.1 Å². The largest absolute Gasteiger partial charge is 0.505 e. The molecular weight excluding hydrogens is 146 g/mol. The number of aromatic hydroxyl groups is 1. The molecule has 1 aromatic rings. The predicted molar refractivity (Wildman–Crippen MR) is 38.8 cm³/mol. The molecule has 1 aromatic heterocycles. The fourth-order valence-corrected chi connectivity index (χ4v) is 0.648. The van der Waals surface area contributed by atoms with Gasteiger partial charge in [-0.05, 0) is 12.1 Å². The van der Waals surface area contributed by atoms with Crippen LogP contribution in [0.3, 0.4) is 0 Å². The molecule has 0 radical (unpaired) electrons.